The third kappa shape index (κ3) is 3.79. The molecule has 0 aliphatic rings. The molecule has 5 heteroatoms. The number of nitrogens with zero attached hydrogens (tertiary/aromatic N) is 2. The molecular weight excluding hydrogens is 256 g/mol. The number of nitrogens with one attached hydrogen (secondary N) is 2. The topological polar surface area (TPSA) is 41.9 Å². The van der Waals surface area contributed by atoms with Crippen molar-refractivity contribution in [2.75, 3.05) is 5.32 Å². The van der Waals surface area contributed by atoms with Gasteiger partial charge in [0.15, 0.2) is 5.11 Å². The smallest absolute Gasteiger partial charge is 0.171 e. The molecule has 1 aromatic carbocycles. The lowest BCUT2D eigenvalue weighted by atomic mass is 10.1. The van der Waals surface area contributed by atoms with E-state index in [0.717, 1.165) is 11.4 Å². The number of benzene rings is 1. The van der Waals surface area contributed by atoms with Gasteiger partial charge in [-0.15, -0.1) is 0 Å². The van der Waals surface area contributed by atoms with Gasteiger partial charge in [0, 0.05) is 19.8 Å². The fourth-order valence-electron chi connectivity index (χ4n) is 1.78. The van der Waals surface area contributed by atoms with Crippen molar-refractivity contribution in [3.63, 3.8) is 0 Å². The van der Waals surface area contributed by atoms with Crippen LogP contribution in [0, 0.1) is 13.8 Å². The summed E-state index contributed by atoms with van der Waals surface area (Å²) in [5.41, 5.74) is 4.33. The maximum absolute atomic E-state index is 5.27. The molecule has 0 unspecified atom stereocenters. The summed E-state index contributed by atoms with van der Waals surface area (Å²) in [7, 11) is 1.89. The predicted molar refractivity (Wildman–Crippen MR) is 82.2 cm³/mol. The maximum atomic E-state index is 5.27. The highest BCUT2D eigenvalue weighted by molar-refractivity contribution is 7.80. The van der Waals surface area contributed by atoms with Gasteiger partial charge in [-0.25, -0.2) is 0 Å². The Morgan fingerprint density at radius 1 is 1.26 bits per heavy atom. The van der Waals surface area contributed by atoms with E-state index < -0.39 is 0 Å². The molecule has 1 heterocycles. The molecule has 0 saturated carbocycles. The van der Waals surface area contributed by atoms with Crippen LogP contribution in [0.25, 0.3) is 0 Å². The number of aromatic nitrogens is 2. The van der Waals surface area contributed by atoms with Crippen molar-refractivity contribution in [1.82, 2.24) is 15.1 Å². The Morgan fingerprint density at radius 2 is 1.95 bits per heavy atom. The number of thiocarbonyl (C=S) groups is 1. The summed E-state index contributed by atoms with van der Waals surface area (Å²) < 4.78 is 1.76. The molecule has 2 aromatic rings. The highest BCUT2D eigenvalue weighted by Gasteiger charge is 2.04. The van der Waals surface area contributed by atoms with E-state index in [0.29, 0.717) is 11.7 Å². The zero-order valence-corrected chi connectivity index (χ0v) is 12.2. The molecule has 2 N–H and O–H groups in total. The normalized spacial score (nSPS) is 10.3. The summed E-state index contributed by atoms with van der Waals surface area (Å²) >= 11 is 5.27. The first-order chi connectivity index (χ1) is 9.04. The van der Waals surface area contributed by atoms with Gasteiger partial charge in [0.1, 0.15) is 0 Å². The number of hydrogen-bond donors (Lipinski definition) is 2. The van der Waals surface area contributed by atoms with Crippen LogP contribution in [0.5, 0.6) is 0 Å². The second-order valence-electron chi connectivity index (χ2n) is 4.60. The van der Waals surface area contributed by atoms with Gasteiger partial charge in [-0.2, -0.15) is 5.10 Å². The highest BCUT2D eigenvalue weighted by atomic mass is 32.1. The van der Waals surface area contributed by atoms with Gasteiger partial charge in [0.2, 0.25) is 0 Å². The molecule has 0 aliphatic heterocycles. The molecular formula is C14H18N4S. The summed E-state index contributed by atoms with van der Waals surface area (Å²) in [6, 6.07) is 8.39. The van der Waals surface area contributed by atoms with Crippen molar-refractivity contribution in [2.45, 2.75) is 20.4 Å². The fraction of sp³-hybridized carbons (Fsp3) is 0.286. The number of aryl methyl sites for hydroxylation is 3. The SMILES string of the molecule is Cc1ccc(CNC(=S)Nc2cn(C)nc2C)cc1. The second kappa shape index (κ2) is 5.84. The van der Waals surface area contributed by atoms with Gasteiger partial charge in [-0.1, -0.05) is 29.8 Å². The molecule has 0 saturated heterocycles. The Morgan fingerprint density at radius 3 is 2.53 bits per heavy atom. The highest BCUT2D eigenvalue weighted by Crippen LogP contribution is 2.11. The van der Waals surface area contributed by atoms with Crippen molar-refractivity contribution < 1.29 is 0 Å². The lowest BCUT2D eigenvalue weighted by Crippen LogP contribution is -2.27. The van der Waals surface area contributed by atoms with Crippen LogP contribution >= 0.6 is 12.2 Å². The molecule has 1 aromatic heterocycles. The Hall–Kier alpha value is -1.88. The Labute approximate surface area is 118 Å². The zero-order valence-electron chi connectivity index (χ0n) is 11.4. The molecule has 100 valence electrons. The zero-order chi connectivity index (χ0) is 13.8. The summed E-state index contributed by atoms with van der Waals surface area (Å²) in [5.74, 6) is 0. The second-order valence-corrected chi connectivity index (χ2v) is 5.00. The van der Waals surface area contributed by atoms with Gasteiger partial charge in [-0.3, -0.25) is 4.68 Å². The van der Waals surface area contributed by atoms with E-state index in [9.17, 15) is 0 Å². The molecule has 4 nitrogen and oxygen atoms in total. The Bertz CT molecular complexity index is 572. The van der Waals surface area contributed by atoms with E-state index in [4.69, 9.17) is 12.2 Å². The van der Waals surface area contributed by atoms with E-state index in [-0.39, 0.29) is 0 Å². The van der Waals surface area contributed by atoms with Crippen molar-refractivity contribution in [2.24, 2.45) is 7.05 Å². The quantitative estimate of drug-likeness (QED) is 0.844. The van der Waals surface area contributed by atoms with Crippen molar-refractivity contribution in [3.05, 3.63) is 47.3 Å². The summed E-state index contributed by atoms with van der Waals surface area (Å²) in [4.78, 5) is 0. The molecule has 0 aliphatic carbocycles. The average Bonchev–Trinajstić information content (AvgIpc) is 2.67. The fourth-order valence-corrected chi connectivity index (χ4v) is 1.96. The molecule has 2 rings (SSSR count). The molecule has 0 atom stereocenters. The minimum Gasteiger partial charge on any atom is -0.358 e. The summed E-state index contributed by atoms with van der Waals surface area (Å²) in [6.45, 7) is 4.74. The van der Waals surface area contributed by atoms with Gasteiger partial charge < -0.3 is 10.6 Å². The number of hydrogen-bond acceptors (Lipinski definition) is 2. The minimum absolute atomic E-state index is 0.608. The third-order valence-electron chi connectivity index (χ3n) is 2.84. The lowest BCUT2D eigenvalue weighted by molar-refractivity contribution is 0.756. The molecule has 0 spiro atoms. The third-order valence-corrected chi connectivity index (χ3v) is 3.08. The molecule has 0 radical (unpaired) electrons. The van der Waals surface area contributed by atoms with Crippen LogP contribution in [0.15, 0.2) is 30.5 Å². The van der Waals surface area contributed by atoms with E-state index in [1.165, 1.54) is 11.1 Å². The summed E-state index contributed by atoms with van der Waals surface area (Å²) in [6.07, 6.45) is 1.91. The molecule has 19 heavy (non-hydrogen) atoms. The maximum Gasteiger partial charge on any atom is 0.171 e. The van der Waals surface area contributed by atoms with Crippen LogP contribution in [0.4, 0.5) is 5.69 Å². The standard InChI is InChI=1S/C14H18N4S/c1-10-4-6-12(7-5-10)8-15-14(19)16-13-9-18(3)17-11(13)2/h4-7,9H,8H2,1-3H3,(H2,15,16,19). The van der Waals surface area contributed by atoms with E-state index in [2.05, 4.69) is 46.9 Å². The van der Waals surface area contributed by atoms with E-state index in [1.807, 2.05) is 20.2 Å². The number of anilines is 1. The van der Waals surface area contributed by atoms with Crippen LogP contribution in [0.2, 0.25) is 0 Å². The van der Waals surface area contributed by atoms with Crippen LogP contribution in [-0.4, -0.2) is 14.9 Å². The first-order valence-corrected chi connectivity index (χ1v) is 6.56. The predicted octanol–water partition coefficient (Wildman–Crippen LogP) is 2.52. The van der Waals surface area contributed by atoms with Crippen LogP contribution in [0.3, 0.4) is 0 Å². The van der Waals surface area contributed by atoms with Gasteiger partial charge in [0.25, 0.3) is 0 Å². The van der Waals surface area contributed by atoms with Gasteiger partial charge in [0.05, 0.1) is 11.4 Å². The first kappa shape index (κ1) is 13.5. The monoisotopic (exact) mass is 274 g/mol. The minimum atomic E-state index is 0.608. The molecule has 0 bridgehead atoms. The van der Waals surface area contributed by atoms with E-state index >= 15 is 0 Å². The number of rotatable bonds is 3. The van der Waals surface area contributed by atoms with Crippen LogP contribution < -0.4 is 10.6 Å². The largest absolute Gasteiger partial charge is 0.358 e. The first-order valence-electron chi connectivity index (χ1n) is 6.15. The summed E-state index contributed by atoms with van der Waals surface area (Å²) in [5, 5.41) is 11.2. The Balaban J connectivity index is 1.88. The van der Waals surface area contributed by atoms with Crippen molar-refractivity contribution in [1.29, 1.82) is 0 Å². The molecule has 0 fully saturated rings. The van der Waals surface area contributed by atoms with E-state index in [1.54, 1.807) is 4.68 Å². The molecule has 0 amide bonds. The van der Waals surface area contributed by atoms with Crippen molar-refractivity contribution >= 4 is 23.0 Å². The van der Waals surface area contributed by atoms with Gasteiger partial charge >= 0.3 is 0 Å². The van der Waals surface area contributed by atoms with Gasteiger partial charge in [-0.05, 0) is 31.6 Å². The lowest BCUT2D eigenvalue weighted by Gasteiger charge is -2.09. The average molecular weight is 274 g/mol. The van der Waals surface area contributed by atoms with Crippen molar-refractivity contribution in [3.8, 4) is 0 Å². The van der Waals surface area contributed by atoms with Crippen LogP contribution in [-0.2, 0) is 13.6 Å². The Kier molecular flexibility index (Phi) is 4.16. The van der Waals surface area contributed by atoms with Crippen LogP contribution in [0.1, 0.15) is 16.8 Å².